The van der Waals surface area contributed by atoms with E-state index >= 15 is 0 Å². The number of ether oxygens (including phenoxy) is 1. The van der Waals surface area contributed by atoms with E-state index in [1.54, 1.807) is 6.07 Å². The van der Waals surface area contributed by atoms with Crippen molar-refractivity contribution in [2.75, 3.05) is 6.61 Å². The van der Waals surface area contributed by atoms with E-state index in [0.717, 1.165) is 25.0 Å². The molecule has 0 heterocycles. The van der Waals surface area contributed by atoms with Crippen LogP contribution in [-0.4, -0.2) is 17.3 Å². The summed E-state index contributed by atoms with van der Waals surface area (Å²) in [7, 11) is 0. The van der Waals surface area contributed by atoms with Crippen molar-refractivity contribution < 1.29 is 9.84 Å². The molecule has 17 heavy (non-hydrogen) atoms. The first-order valence-electron chi connectivity index (χ1n) is 6.46. The second-order valence-corrected chi connectivity index (χ2v) is 5.12. The highest BCUT2D eigenvalue weighted by Crippen LogP contribution is 2.24. The van der Waals surface area contributed by atoms with Crippen molar-refractivity contribution in [2.45, 2.75) is 52.1 Å². The van der Waals surface area contributed by atoms with E-state index in [-0.39, 0.29) is 5.60 Å². The molecule has 0 aliphatic rings. The lowest BCUT2D eigenvalue weighted by Crippen LogP contribution is -2.28. The molecular weight excluding hydrogens is 212 g/mol. The lowest BCUT2D eigenvalue weighted by atomic mass is 9.97. The average molecular weight is 236 g/mol. The van der Waals surface area contributed by atoms with Crippen LogP contribution in [0.2, 0.25) is 0 Å². The van der Waals surface area contributed by atoms with Gasteiger partial charge in [0.1, 0.15) is 5.75 Å². The van der Waals surface area contributed by atoms with Gasteiger partial charge in [0.05, 0.1) is 5.60 Å². The Labute approximate surface area is 105 Å². The van der Waals surface area contributed by atoms with Gasteiger partial charge in [-0.05, 0) is 31.9 Å². The minimum atomic E-state index is -0.216. The molecule has 0 radical (unpaired) electrons. The smallest absolute Gasteiger partial charge is 0.118 e. The molecule has 2 nitrogen and oxygen atoms in total. The van der Waals surface area contributed by atoms with Crippen LogP contribution in [0.25, 0.3) is 0 Å². The van der Waals surface area contributed by atoms with Gasteiger partial charge in [-0.25, -0.2) is 0 Å². The van der Waals surface area contributed by atoms with Gasteiger partial charge >= 0.3 is 0 Å². The molecule has 0 saturated heterocycles. The summed E-state index contributed by atoms with van der Waals surface area (Å²) in [6.07, 6.45) is 4.28. The molecule has 0 fully saturated rings. The Balaban J connectivity index is 2.46. The van der Waals surface area contributed by atoms with E-state index in [0.29, 0.717) is 5.75 Å². The second-order valence-electron chi connectivity index (χ2n) is 5.12. The van der Waals surface area contributed by atoms with Crippen LogP contribution < -0.4 is 0 Å². The highest BCUT2D eigenvalue weighted by molar-refractivity contribution is 5.32. The number of benzene rings is 1. The molecule has 0 aliphatic carbocycles. The summed E-state index contributed by atoms with van der Waals surface area (Å²) in [5, 5.41) is 9.73. The van der Waals surface area contributed by atoms with Gasteiger partial charge in [-0.2, -0.15) is 0 Å². The summed E-state index contributed by atoms with van der Waals surface area (Å²) < 4.78 is 5.88. The first-order chi connectivity index (χ1) is 8.05. The van der Waals surface area contributed by atoms with Gasteiger partial charge in [0.15, 0.2) is 0 Å². The number of phenolic OH excluding ortho intramolecular Hbond substituents is 1. The molecule has 0 unspecified atom stereocenters. The normalized spacial score (nSPS) is 11.7. The lowest BCUT2D eigenvalue weighted by molar-refractivity contribution is -0.0189. The Hall–Kier alpha value is -1.02. The predicted octanol–water partition coefficient (Wildman–Crippen LogP) is 3.92. The fourth-order valence-electron chi connectivity index (χ4n) is 1.87. The van der Waals surface area contributed by atoms with Crippen LogP contribution in [0, 0.1) is 0 Å². The zero-order valence-electron chi connectivity index (χ0n) is 11.2. The summed E-state index contributed by atoms with van der Waals surface area (Å²) in [5.74, 6) is 0.359. The number of para-hydroxylation sites is 1. The molecule has 0 aromatic heterocycles. The summed E-state index contributed by atoms with van der Waals surface area (Å²) >= 11 is 0. The highest BCUT2D eigenvalue weighted by Gasteiger charge is 2.20. The summed E-state index contributed by atoms with van der Waals surface area (Å²) in [4.78, 5) is 0. The van der Waals surface area contributed by atoms with E-state index < -0.39 is 0 Å². The van der Waals surface area contributed by atoms with Gasteiger partial charge in [-0.15, -0.1) is 0 Å². The number of rotatable bonds is 7. The Bertz CT molecular complexity index is 331. The number of phenols is 1. The third kappa shape index (κ3) is 5.22. The zero-order valence-corrected chi connectivity index (χ0v) is 11.2. The molecule has 2 heteroatoms. The maximum atomic E-state index is 9.73. The van der Waals surface area contributed by atoms with Gasteiger partial charge in [0.2, 0.25) is 0 Å². The summed E-state index contributed by atoms with van der Waals surface area (Å²) in [5.41, 5.74) is 0.736. The standard InChI is InChI=1S/C15H24O2/c1-4-5-8-11-17-15(2,3)12-13-9-6-7-10-14(13)16/h6-7,9-10,16H,4-5,8,11-12H2,1-3H3. The quantitative estimate of drug-likeness (QED) is 0.727. The van der Waals surface area contributed by atoms with Crippen molar-refractivity contribution in [3.05, 3.63) is 29.8 Å². The van der Waals surface area contributed by atoms with Crippen molar-refractivity contribution in [1.29, 1.82) is 0 Å². The largest absolute Gasteiger partial charge is 0.508 e. The van der Waals surface area contributed by atoms with Crippen LogP contribution in [0.5, 0.6) is 5.75 Å². The van der Waals surface area contributed by atoms with Gasteiger partial charge in [-0.3, -0.25) is 0 Å². The van der Waals surface area contributed by atoms with Crippen LogP contribution in [0.15, 0.2) is 24.3 Å². The molecule has 1 rings (SSSR count). The van der Waals surface area contributed by atoms with Crippen LogP contribution in [0.1, 0.15) is 45.6 Å². The molecule has 1 N–H and O–H groups in total. The maximum absolute atomic E-state index is 9.73. The molecule has 1 aromatic carbocycles. The average Bonchev–Trinajstić information content (AvgIpc) is 2.28. The number of unbranched alkanes of at least 4 members (excludes halogenated alkanes) is 2. The predicted molar refractivity (Wildman–Crippen MR) is 71.4 cm³/mol. The molecule has 0 amide bonds. The van der Waals surface area contributed by atoms with Gasteiger partial charge in [0.25, 0.3) is 0 Å². The topological polar surface area (TPSA) is 29.5 Å². The van der Waals surface area contributed by atoms with Crippen molar-refractivity contribution in [3.8, 4) is 5.75 Å². The van der Waals surface area contributed by atoms with Crippen LogP contribution in [0.4, 0.5) is 0 Å². The number of hydrogen-bond donors (Lipinski definition) is 1. The Kier molecular flexibility index (Phi) is 5.49. The number of aromatic hydroxyl groups is 1. The molecule has 0 aliphatic heterocycles. The van der Waals surface area contributed by atoms with E-state index in [2.05, 4.69) is 20.8 Å². The summed E-state index contributed by atoms with van der Waals surface area (Å²) in [6.45, 7) is 7.14. The fraction of sp³-hybridized carbons (Fsp3) is 0.600. The SMILES string of the molecule is CCCCCOC(C)(C)Cc1ccccc1O. The minimum absolute atomic E-state index is 0.216. The molecule has 1 aromatic rings. The van der Waals surface area contributed by atoms with Gasteiger partial charge < -0.3 is 9.84 Å². The van der Waals surface area contributed by atoms with Crippen molar-refractivity contribution in [3.63, 3.8) is 0 Å². The molecule has 96 valence electrons. The first kappa shape index (κ1) is 14.0. The van der Waals surface area contributed by atoms with Gasteiger partial charge in [-0.1, -0.05) is 38.0 Å². The van der Waals surface area contributed by atoms with Gasteiger partial charge in [0, 0.05) is 13.0 Å². The van der Waals surface area contributed by atoms with E-state index in [4.69, 9.17) is 4.74 Å². The summed E-state index contributed by atoms with van der Waals surface area (Å²) in [6, 6.07) is 7.46. The fourth-order valence-corrected chi connectivity index (χ4v) is 1.87. The maximum Gasteiger partial charge on any atom is 0.118 e. The van der Waals surface area contributed by atoms with Crippen molar-refractivity contribution in [2.24, 2.45) is 0 Å². The van der Waals surface area contributed by atoms with E-state index in [9.17, 15) is 5.11 Å². The van der Waals surface area contributed by atoms with Crippen LogP contribution >= 0.6 is 0 Å². The minimum Gasteiger partial charge on any atom is -0.508 e. The number of hydrogen-bond acceptors (Lipinski definition) is 2. The Morgan fingerprint density at radius 1 is 1.18 bits per heavy atom. The Morgan fingerprint density at radius 3 is 2.53 bits per heavy atom. The molecule has 0 bridgehead atoms. The first-order valence-corrected chi connectivity index (χ1v) is 6.46. The highest BCUT2D eigenvalue weighted by atomic mass is 16.5. The van der Waals surface area contributed by atoms with E-state index in [1.165, 1.54) is 12.8 Å². The Morgan fingerprint density at radius 2 is 1.88 bits per heavy atom. The lowest BCUT2D eigenvalue weighted by Gasteiger charge is -2.26. The molecule has 0 spiro atoms. The van der Waals surface area contributed by atoms with Crippen molar-refractivity contribution >= 4 is 0 Å². The molecule has 0 atom stereocenters. The van der Waals surface area contributed by atoms with E-state index in [1.807, 2.05) is 18.2 Å². The zero-order chi connectivity index (χ0) is 12.7. The second kappa shape index (κ2) is 6.65. The monoisotopic (exact) mass is 236 g/mol. The third-order valence-corrected chi connectivity index (χ3v) is 2.85. The van der Waals surface area contributed by atoms with Crippen LogP contribution in [-0.2, 0) is 11.2 Å². The van der Waals surface area contributed by atoms with Crippen molar-refractivity contribution in [1.82, 2.24) is 0 Å². The molecular formula is C15H24O2. The molecule has 0 saturated carbocycles. The van der Waals surface area contributed by atoms with Crippen LogP contribution in [0.3, 0.4) is 0 Å². The third-order valence-electron chi connectivity index (χ3n) is 2.85.